The van der Waals surface area contributed by atoms with Crippen LogP contribution in [0.1, 0.15) is 20.3 Å². The second-order valence-electron chi connectivity index (χ2n) is 7.30. The van der Waals surface area contributed by atoms with Crippen molar-refractivity contribution in [2.24, 2.45) is 4.99 Å². The predicted octanol–water partition coefficient (Wildman–Crippen LogP) is 2.42. The number of rotatable bonds is 7. The van der Waals surface area contributed by atoms with Gasteiger partial charge >= 0.3 is 0 Å². The number of sulfone groups is 1. The van der Waals surface area contributed by atoms with Gasteiger partial charge in [0.2, 0.25) is 0 Å². The molecular weight excluding hydrogens is 398 g/mol. The zero-order valence-corrected chi connectivity index (χ0v) is 18.6. The van der Waals surface area contributed by atoms with Crippen molar-refractivity contribution < 1.29 is 8.42 Å². The van der Waals surface area contributed by atoms with Gasteiger partial charge in [-0.3, -0.25) is 4.99 Å². The fourth-order valence-corrected chi connectivity index (χ4v) is 5.12. The SMILES string of the molecule is CCN=C(NC(CC)CS(=O)(=O)c1ccccc1)N1CCN(c2ccccn2)CC1. The Morgan fingerprint density at radius 2 is 1.77 bits per heavy atom. The van der Waals surface area contributed by atoms with Gasteiger partial charge in [-0.15, -0.1) is 0 Å². The van der Waals surface area contributed by atoms with Crippen LogP contribution in [0.3, 0.4) is 0 Å². The van der Waals surface area contributed by atoms with Gasteiger partial charge in [-0.25, -0.2) is 13.4 Å². The van der Waals surface area contributed by atoms with Gasteiger partial charge in [0.15, 0.2) is 15.8 Å². The molecule has 2 aromatic rings. The normalized spacial score (nSPS) is 16.4. The minimum atomic E-state index is -3.36. The Morgan fingerprint density at radius 3 is 2.37 bits per heavy atom. The van der Waals surface area contributed by atoms with E-state index in [2.05, 4.69) is 25.1 Å². The number of nitrogens with zero attached hydrogens (tertiary/aromatic N) is 4. The second-order valence-corrected chi connectivity index (χ2v) is 9.34. The first kappa shape index (κ1) is 22.1. The molecule has 1 atom stereocenters. The van der Waals surface area contributed by atoms with Crippen LogP contribution < -0.4 is 10.2 Å². The standard InChI is InChI=1S/C22H31N5O2S/c1-3-19(18-30(28,29)20-10-6-5-7-11-20)25-22(23-4-2)27-16-14-26(15-17-27)21-12-8-9-13-24-21/h5-13,19H,3-4,14-18H2,1-2H3,(H,23,25). The number of anilines is 1. The molecule has 1 fully saturated rings. The van der Waals surface area contributed by atoms with Crippen LogP contribution in [-0.2, 0) is 9.84 Å². The van der Waals surface area contributed by atoms with Crippen molar-refractivity contribution in [3.05, 3.63) is 54.7 Å². The molecule has 2 heterocycles. The zero-order chi connectivity index (χ0) is 21.4. The van der Waals surface area contributed by atoms with Gasteiger partial charge in [0.1, 0.15) is 5.82 Å². The second kappa shape index (κ2) is 10.4. The molecular formula is C22H31N5O2S. The van der Waals surface area contributed by atoms with E-state index in [1.54, 1.807) is 24.3 Å². The van der Waals surface area contributed by atoms with Crippen LogP contribution in [0.25, 0.3) is 0 Å². The quantitative estimate of drug-likeness (QED) is 0.538. The van der Waals surface area contributed by atoms with Crippen LogP contribution in [0.5, 0.6) is 0 Å². The number of nitrogens with one attached hydrogen (secondary N) is 1. The van der Waals surface area contributed by atoms with Crippen molar-refractivity contribution in [1.29, 1.82) is 0 Å². The van der Waals surface area contributed by atoms with Gasteiger partial charge in [-0.2, -0.15) is 0 Å². The van der Waals surface area contributed by atoms with Crippen LogP contribution in [0.15, 0.2) is 64.6 Å². The third kappa shape index (κ3) is 5.72. The molecule has 0 aliphatic carbocycles. The monoisotopic (exact) mass is 429 g/mol. The fraction of sp³-hybridized carbons (Fsp3) is 0.455. The number of aliphatic imine (C=N–C) groups is 1. The Hall–Kier alpha value is -2.61. The first-order chi connectivity index (χ1) is 14.5. The molecule has 0 bridgehead atoms. The highest BCUT2D eigenvalue weighted by Crippen LogP contribution is 2.15. The Bertz CT molecular complexity index is 911. The lowest BCUT2D eigenvalue weighted by molar-refractivity contribution is 0.365. The molecule has 0 saturated carbocycles. The molecule has 0 spiro atoms. The summed E-state index contributed by atoms with van der Waals surface area (Å²) < 4.78 is 25.6. The molecule has 0 amide bonds. The lowest BCUT2D eigenvalue weighted by Gasteiger charge is -2.38. The van der Waals surface area contributed by atoms with E-state index in [1.165, 1.54) is 0 Å². The number of guanidine groups is 1. The summed E-state index contributed by atoms with van der Waals surface area (Å²) in [4.78, 5) is 13.9. The largest absolute Gasteiger partial charge is 0.353 e. The van der Waals surface area contributed by atoms with E-state index in [-0.39, 0.29) is 11.8 Å². The van der Waals surface area contributed by atoms with Crippen molar-refractivity contribution in [3.63, 3.8) is 0 Å². The molecule has 1 unspecified atom stereocenters. The minimum absolute atomic E-state index is 0.0458. The van der Waals surface area contributed by atoms with Gasteiger partial charge in [0, 0.05) is 45.0 Å². The van der Waals surface area contributed by atoms with Crippen LogP contribution in [0, 0.1) is 0 Å². The molecule has 162 valence electrons. The highest BCUT2D eigenvalue weighted by Gasteiger charge is 2.25. The molecule has 1 saturated heterocycles. The van der Waals surface area contributed by atoms with Crippen molar-refractivity contribution >= 4 is 21.6 Å². The molecule has 1 aliphatic heterocycles. The zero-order valence-electron chi connectivity index (χ0n) is 17.7. The molecule has 30 heavy (non-hydrogen) atoms. The Balaban J connectivity index is 1.64. The van der Waals surface area contributed by atoms with Crippen LogP contribution >= 0.6 is 0 Å². The number of hydrogen-bond donors (Lipinski definition) is 1. The molecule has 7 nitrogen and oxygen atoms in total. The van der Waals surface area contributed by atoms with Crippen molar-refractivity contribution in [1.82, 2.24) is 15.2 Å². The molecule has 1 aromatic carbocycles. The van der Waals surface area contributed by atoms with E-state index in [0.29, 0.717) is 17.9 Å². The van der Waals surface area contributed by atoms with Crippen molar-refractivity contribution in [3.8, 4) is 0 Å². The molecule has 3 rings (SSSR count). The Morgan fingerprint density at radius 1 is 1.07 bits per heavy atom. The third-order valence-electron chi connectivity index (χ3n) is 5.21. The summed E-state index contributed by atoms with van der Waals surface area (Å²) >= 11 is 0. The molecule has 1 N–H and O–H groups in total. The minimum Gasteiger partial charge on any atom is -0.353 e. The smallest absolute Gasteiger partial charge is 0.194 e. The number of pyridine rings is 1. The molecule has 8 heteroatoms. The highest BCUT2D eigenvalue weighted by atomic mass is 32.2. The first-order valence-corrected chi connectivity index (χ1v) is 12.2. The summed E-state index contributed by atoms with van der Waals surface area (Å²) in [6, 6.07) is 14.4. The number of benzene rings is 1. The highest BCUT2D eigenvalue weighted by molar-refractivity contribution is 7.91. The lowest BCUT2D eigenvalue weighted by Crippen LogP contribution is -2.55. The summed E-state index contributed by atoms with van der Waals surface area (Å²) in [6.45, 7) is 7.95. The molecule has 0 radical (unpaired) electrons. The van der Waals surface area contributed by atoms with Crippen LogP contribution in [-0.4, -0.2) is 68.8 Å². The van der Waals surface area contributed by atoms with Gasteiger partial charge in [0.25, 0.3) is 0 Å². The average molecular weight is 430 g/mol. The predicted molar refractivity (Wildman–Crippen MR) is 122 cm³/mol. The summed E-state index contributed by atoms with van der Waals surface area (Å²) in [6.07, 6.45) is 2.51. The lowest BCUT2D eigenvalue weighted by atomic mass is 10.2. The van der Waals surface area contributed by atoms with Crippen LogP contribution in [0.2, 0.25) is 0 Å². The van der Waals surface area contributed by atoms with Gasteiger partial charge in [-0.1, -0.05) is 31.2 Å². The van der Waals surface area contributed by atoms with Crippen molar-refractivity contribution in [2.45, 2.75) is 31.2 Å². The maximum absolute atomic E-state index is 12.8. The van der Waals surface area contributed by atoms with E-state index in [1.807, 2.05) is 44.3 Å². The maximum Gasteiger partial charge on any atom is 0.194 e. The molecule has 1 aromatic heterocycles. The summed E-state index contributed by atoms with van der Waals surface area (Å²) in [7, 11) is -3.36. The van der Waals surface area contributed by atoms with E-state index in [0.717, 1.165) is 38.0 Å². The van der Waals surface area contributed by atoms with Gasteiger partial charge in [-0.05, 0) is 37.6 Å². The average Bonchev–Trinajstić information content (AvgIpc) is 2.79. The number of hydrogen-bond acceptors (Lipinski definition) is 5. The Labute approximate surface area is 179 Å². The number of piperazine rings is 1. The summed E-state index contributed by atoms with van der Waals surface area (Å²) in [5, 5.41) is 3.42. The van der Waals surface area contributed by atoms with E-state index in [9.17, 15) is 8.42 Å². The van der Waals surface area contributed by atoms with Crippen LogP contribution in [0.4, 0.5) is 5.82 Å². The topological polar surface area (TPSA) is 77.9 Å². The summed E-state index contributed by atoms with van der Waals surface area (Å²) in [5.41, 5.74) is 0. The number of aromatic nitrogens is 1. The van der Waals surface area contributed by atoms with Gasteiger partial charge in [0.05, 0.1) is 10.6 Å². The fourth-order valence-electron chi connectivity index (χ4n) is 3.51. The van der Waals surface area contributed by atoms with E-state index in [4.69, 9.17) is 0 Å². The maximum atomic E-state index is 12.8. The van der Waals surface area contributed by atoms with Gasteiger partial charge < -0.3 is 15.1 Å². The van der Waals surface area contributed by atoms with Crippen molar-refractivity contribution in [2.75, 3.05) is 43.4 Å². The van der Waals surface area contributed by atoms with E-state index >= 15 is 0 Å². The summed E-state index contributed by atoms with van der Waals surface area (Å²) in [5.74, 6) is 1.82. The first-order valence-electron chi connectivity index (χ1n) is 10.5. The van der Waals surface area contributed by atoms with E-state index < -0.39 is 9.84 Å². The third-order valence-corrected chi connectivity index (χ3v) is 7.04. The Kier molecular flexibility index (Phi) is 7.68. The molecule has 1 aliphatic rings.